The molecule has 0 aromatic heterocycles. The van der Waals surface area contributed by atoms with Crippen molar-refractivity contribution in [3.8, 4) is 0 Å². The molecule has 0 bridgehead atoms. The molecule has 1 atom stereocenters. The van der Waals surface area contributed by atoms with Gasteiger partial charge in [0.05, 0.1) is 22.6 Å². The average Bonchev–Trinajstić information content (AvgIpc) is 2.85. The molecule has 5 N–H and O–H groups in total. The fourth-order valence-corrected chi connectivity index (χ4v) is 3.57. The van der Waals surface area contributed by atoms with Crippen LogP contribution in [0.4, 0.5) is 17.1 Å². The summed E-state index contributed by atoms with van der Waals surface area (Å²) in [5.41, 5.74) is 8.84. The number of carboxylic acid groups (broad SMARTS) is 1. The van der Waals surface area contributed by atoms with Crippen molar-refractivity contribution in [2.24, 2.45) is 0 Å². The molecule has 0 fully saturated rings. The SMILES string of the molecule is Nc1cc(C(=O)NC(C2=CC=CCC2)C2=COC=CO2)ccc1Nc1ccccc1C(=O)O. The number of ether oxygens (including phenoxy) is 2. The maximum atomic E-state index is 13.1. The Morgan fingerprint density at radius 1 is 1.09 bits per heavy atom. The van der Waals surface area contributed by atoms with E-state index < -0.39 is 12.0 Å². The zero-order chi connectivity index (χ0) is 23.2. The van der Waals surface area contributed by atoms with Gasteiger partial charge in [0.25, 0.3) is 5.91 Å². The number of nitrogens with two attached hydrogens (primary N) is 1. The largest absolute Gasteiger partial charge is 0.478 e. The minimum atomic E-state index is -1.05. The van der Waals surface area contributed by atoms with Crippen molar-refractivity contribution >= 4 is 28.9 Å². The third kappa shape index (κ3) is 5.07. The van der Waals surface area contributed by atoms with Gasteiger partial charge in [0.15, 0.2) is 5.76 Å². The summed E-state index contributed by atoms with van der Waals surface area (Å²) >= 11 is 0. The van der Waals surface area contributed by atoms with Crippen LogP contribution in [0.25, 0.3) is 0 Å². The smallest absolute Gasteiger partial charge is 0.337 e. The topological polar surface area (TPSA) is 123 Å². The number of aromatic carboxylic acids is 1. The number of hydrogen-bond donors (Lipinski definition) is 4. The highest BCUT2D eigenvalue weighted by Crippen LogP contribution is 2.28. The number of carbonyl (C=O) groups excluding carboxylic acids is 1. The lowest BCUT2D eigenvalue weighted by Gasteiger charge is -2.25. The molecule has 33 heavy (non-hydrogen) atoms. The number of rotatable bonds is 7. The number of benzene rings is 2. The fourth-order valence-electron chi connectivity index (χ4n) is 3.57. The van der Waals surface area contributed by atoms with Crippen LogP contribution in [0.1, 0.15) is 33.6 Å². The Morgan fingerprint density at radius 2 is 1.94 bits per heavy atom. The van der Waals surface area contributed by atoms with Crippen LogP contribution in [0.2, 0.25) is 0 Å². The predicted molar refractivity (Wildman–Crippen MR) is 125 cm³/mol. The maximum absolute atomic E-state index is 13.1. The molecule has 2 aromatic carbocycles. The summed E-state index contributed by atoms with van der Waals surface area (Å²) in [6, 6.07) is 10.8. The van der Waals surface area contributed by atoms with E-state index in [4.69, 9.17) is 15.2 Å². The van der Waals surface area contributed by atoms with E-state index in [2.05, 4.69) is 16.7 Å². The first-order valence-electron chi connectivity index (χ1n) is 10.4. The first-order valence-corrected chi connectivity index (χ1v) is 10.4. The number of anilines is 3. The molecule has 0 radical (unpaired) electrons. The number of carboxylic acids is 1. The fraction of sp³-hybridized carbons (Fsp3) is 0.120. The molecule has 0 saturated carbocycles. The van der Waals surface area contributed by atoms with E-state index in [1.807, 2.05) is 12.2 Å². The van der Waals surface area contributed by atoms with Crippen molar-refractivity contribution in [1.29, 1.82) is 0 Å². The van der Waals surface area contributed by atoms with Crippen LogP contribution < -0.4 is 16.4 Å². The van der Waals surface area contributed by atoms with Crippen LogP contribution in [-0.4, -0.2) is 23.0 Å². The minimum Gasteiger partial charge on any atom is -0.478 e. The molecule has 1 aliphatic heterocycles. The molecule has 1 unspecified atom stereocenters. The van der Waals surface area contributed by atoms with Crippen molar-refractivity contribution in [2.75, 3.05) is 11.1 Å². The van der Waals surface area contributed by atoms with E-state index in [9.17, 15) is 14.7 Å². The molecule has 2 aliphatic rings. The molecule has 168 valence electrons. The molecule has 4 rings (SSSR count). The number of nitrogens with one attached hydrogen (secondary N) is 2. The Labute approximate surface area is 190 Å². The zero-order valence-corrected chi connectivity index (χ0v) is 17.7. The number of nitrogen functional groups attached to an aromatic ring is 1. The Hall–Kier alpha value is -4.46. The van der Waals surface area contributed by atoms with E-state index in [-0.39, 0.29) is 11.5 Å². The summed E-state index contributed by atoms with van der Waals surface area (Å²) in [6.07, 6.45) is 11.9. The number of carbonyl (C=O) groups is 2. The molecule has 0 spiro atoms. The number of para-hydroxylation sites is 1. The van der Waals surface area contributed by atoms with Crippen LogP contribution in [0.15, 0.2) is 90.8 Å². The first-order chi connectivity index (χ1) is 16.0. The van der Waals surface area contributed by atoms with Gasteiger partial charge in [0, 0.05) is 5.56 Å². The van der Waals surface area contributed by atoms with Crippen molar-refractivity contribution in [3.05, 3.63) is 102 Å². The van der Waals surface area contributed by atoms with Gasteiger partial charge in [-0.1, -0.05) is 30.4 Å². The monoisotopic (exact) mass is 445 g/mol. The zero-order valence-electron chi connectivity index (χ0n) is 17.7. The van der Waals surface area contributed by atoms with Crippen LogP contribution >= 0.6 is 0 Å². The second-order valence-electron chi connectivity index (χ2n) is 7.44. The first kappa shape index (κ1) is 21.8. The van der Waals surface area contributed by atoms with Crippen molar-refractivity contribution in [2.45, 2.75) is 18.9 Å². The molecule has 1 aliphatic carbocycles. The van der Waals surface area contributed by atoms with E-state index in [1.165, 1.54) is 24.9 Å². The number of amides is 1. The van der Waals surface area contributed by atoms with E-state index in [0.717, 1.165) is 18.4 Å². The highest BCUT2D eigenvalue weighted by molar-refractivity contribution is 5.98. The highest BCUT2D eigenvalue weighted by atomic mass is 16.5. The van der Waals surface area contributed by atoms with Gasteiger partial charge < -0.3 is 30.9 Å². The molecule has 0 saturated heterocycles. The van der Waals surface area contributed by atoms with Crippen LogP contribution in [0.3, 0.4) is 0 Å². The molecular weight excluding hydrogens is 422 g/mol. The Morgan fingerprint density at radius 3 is 2.64 bits per heavy atom. The lowest BCUT2D eigenvalue weighted by molar-refractivity contribution is 0.0697. The Balaban J connectivity index is 1.54. The lowest BCUT2D eigenvalue weighted by atomic mass is 9.96. The van der Waals surface area contributed by atoms with Gasteiger partial charge in [0.1, 0.15) is 24.8 Å². The van der Waals surface area contributed by atoms with Gasteiger partial charge in [-0.2, -0.15) is 0 Å². The van der Waals surface area contributed by atoms with Crippen molar-refractivity contribution in [1.82, 2.24) is 5.32 Å². The highest BCUT2D eigenvalue weighted by Gasteiger charge is 2.25. The standard InChI is InChI=1S/C25H23N3O5/c26-19-14-17(10-11-21(19)27-20-9-5-4-8-18(20)25(30)31)24(29)28-23(16-6-2-1-3-7-16)22-15-32-12-13-33-22/h1-2,4-6,8-15,23,27H,3,7,26H2,(H,28,29)(H,30,31). The maximum Gasteiger partial charge on any atom is 0.337 e. The minimum absolute atomic E-state index is 0.119. The summed E-state index contributed by atoms with van der Waals surface area (Å²) in [6.45, 7) is 0. The Bertz CT molecular complexity index is 1200. The molecule has 2 aromatic rings. The van der Waals surface area contributed by atoms with Gasteiger partial charge in [-0.15, -0.1) is 0 Å². The summed E-state index contributed by atoms with van der Waals surface area (Å²) in [7, 11) is 0. The van der Waals surface area contributed by atoms with Crippen molar-refractivity contribution < 1.29 is 24.2 Å². The lowest BCUT2D eigenvalue weighted by Crippen LogP contribution is -2.38. The van der Waals surface area contributed by atoms with Crippen LogP contribution in [-0.2, 0) is 9.47 Å². The summed E-state index contributed by atoms with van der Waals surface area (Å²) < 4.78 is 10.8. The van der Waals surface area contributed by atoms with Crippen LogP contribution in [0, 0.1) is 0 Å². The molecule has 8 nitrogen and oxygen atoms in total. The second-order valence-corrected chi connectivity index (χ2v) is 7.44. The van der Waals surface area contributed by atoms with Gasteiger partial charge in [0.2, 0.25) is 0 Å². The molecular formula is C25H23N3O5. The predicted octanol–water partition coefficient (Wildman–Crippen LogP) is 4.44. The normalized spacial score (nSPS) is 15.4. The summed E-state index contributed by atoms with van der Waals surface area (Å²) in [5.74, 6) is -0.911. The second kappa shape index (κ2) is 9.78. The van der Waals surface area contributed by atoms with Crippen LogP contribution in [0.5, 0.6) is 0 Å². The quantitative estimate of drug-likeness (QED) is 0.465. The molecule has 8 heteroatoms. The number of allylic oxidation sites excluding steroid dienone is 3. The molecule has 1 heterocycles. The summed E-state index contributed by atoms with van der Waals surface area (Å²) in [5, 5.41) is 15.4. The number of hydrogen-bond acceptors (Lipinski definition) is 6. The van der Waals surface area contributed by atoms with Gasteiger partial charge in [-0.05, 0) is 48.7 Å². The van der Waals surface area contributed by atoms with E-state index in [1.54, 1.807) is 36.4 Å². The van der Waals surface area contributed by atoms with Gasteiger partial charge in [-0.25, -0.2) is 4.79 Å². The third-order valence-corrected chi connectivity index (χ3v) is 5.24. The molecule has 1 amide bonds. The van der Waals surface area contributed by atoms with Gasteiger partial charge >= 0.3 is 5.97 Å². The third-order valence-electron chi connectivity index (χ3n) is 5.24. The van der Waals surface area contributed by atoms with Crippen molar-refractivity contribution in [3.63, 3.8) is 0 Å². The Kier molecular flexibility index (Phi) is 6.45. The summed E-state index contributed by atoms with van der Waals surface area (Å²) in [4.78, 5) is 24.5. The van der Waals surface area contributed by atoms with Gasteiger partial charge in [-0.3, -0.25) is 4.79 Å². The van der Waals surface area contributed by atoms with E-state index in [0.29, 0.717) is 28.4 Å². The average molecular weight is 445 g/mol. The van der Waals surface area contributed by atoms with E-state index >= 15 is 0 Å².